The normalized spacial score (nSPS) is 9.06. The van der Waals surface area contributed by atoms with Crippen molar-refractivity contribution in [3.63, 3.8) is 0 Å². The Labute approximate surface area is 126 Å². The first-order valence-electron chi connectivity index (χ1n) is 3.98. The smallest absolute Gasteiger partial charge is 0.344 e. The fourth-order valence-electron chi connectivity index (χ4n) is 0. The molecule has 0 bridgehead atoms. The van der Waals surface area contributed by atoms with Gasteiger partial charge in [-0.05, 0) is 23.6 Å². The van der Waals surface area contributed by atoms with E-state index in [0.29, 0.717) is 0 Å². The minimum atomic E-state index is -3.81. The van der Waals surface area contributed by atoms with E-state index in [1.165, 1.54) is 0 Å². The second-order valence-electron chi connectivity index (χ2n) is 2.03. The minimum absolute atomic E-state index is 0. The quantitative estimate of drug-likeness (QED) is 0.208. The molecule has 0 aromatic carbocycles. The molecule has 0 rings (SSSR count). The second kappa shape index (κ2) is 20.0. The molecule has 11 heteroatoms. The Hall–Kier alpha value is 1.68. The van der Waals surface area contributed by atoms with E-state index in [1.807, 2.05) is 13.8 Å². The summed E-state index contributed by atoms with van der Waals surface area (Å²) < 4.78 is 0. The van der Waals surface area contributed by atoms with E-state index in [9.17, 15) is 0 Å². The maximum atomic E-state index is 7.56. The Morgan fingerprint density at radius 3 is 0.765 bits per heavy atom. The van der Waals surface area contributed by atoms with Crippen molar-refractivity contribution in [1.82, 2.24) is 0 Å². The zero-order valence-corrected chi connectivity index (χ0v) is 16.3. The third kappa shape index (κ3) is 1530. The third-order valence-corrected chi connectivity index (χ3v) is 0. The first kappa shape index (κ1) is 31.2. The van der Waals surface area contributed by atoms with E-state index < -0.39 is 13.4 Å². The Balaban J connectivity index is -0.0000000381. The number of hydrogen-bond acceptors (Lipinski definition) is 2. The molecule has 6 N–H and O–H groups in total. The van der Waals surface area contributed by atoms with Crippen LogP contribution >= 0.6 is 13.4 Å². The molecule has 0 amide bonds. The monoisotopic (exact) mass is 378 g/mol. The van der Waals surface area contributed by atoms with Gasteiger partial charge >= 0.3 is 32.9 Å². The largest absolute Gasteiger partial charge is 2.00 e. The van der Waals surface area contributed by atoms with Crippen LogP contribution in [0.25, 0.3) is 0 Å². The predicted molar refractivity (Wildman–Crippen MR) is 73.2 cm³/mol. The van der Waals surface area contributed by atoms with E-state index in [4.69, 9.17) is 29.4 Å². The van der Waals surface area contributed by atoms with Crippen molar-refractivity contribution in [2.24, 2.45) is 0 Å². The molecule has 0 aliphatic rings. The predicted octanol–water partition coefficient (Wildman–Crippen LogP) is 0.834. The first-order valence-corrected chi connectivity index (χ1v) is 9.30. The maximum absolute atomic E-state index is 7.56. The van der Waals surface area contributed by atoms with Crippen LogP contribution in [0.4, 0.5) is 0 Å². The van der Waals surface area contributed by atoms with Gasteiger partial charge in [-0.15, -0.1) is 0 Å². The van der Waals surface area contributed by atoms with E-state index >= 15 is 0 Å². The van der Waals surface area contributed by atoms with Crippen molar-refractivity contribution in [2.45, 2.75) is 26.7 Å². The topological polar surface area (TPSA) is 121 Å². The summed E-state index contributed by atoms with van der Waals surface area (Å²) in [4.78, 5) is 45.3. The summed E-state index contributed by atoms with van der Waals surface area (Å²) in [6.07, 6.45) is 2.00. The summed E-state index contributed by atoms with van der Waals surface area (Å²) in [6, 6.07) is 0. The molecule has 0 saturated heterocycles. The molecular weight excluding hydrogens is 360 g/mol. The summed E-state index contributed by atoms with van der Waals surface area (Å²) in [5.74, 6) is 0. The molecule has 0 aliphatic carbocycles. The van der Waals surface area contributed by atoms with E-state index in [1.54, 1.807) is 0 Å². The Bertz CT molecular complexity index is 168. The van der Waals surface area contributed by atoms with Gasteiger partial charge in [-0.1, -0.05) is 13.8 Å². The fraction of sp³-hybridized carbons (Fsp3) is 0.667. The van der Waals surface area contributed by atoms with Crippen LogP contribution in [0.15, 0.2) is 0 Å². The number of hydrogen-bond donors (Lipinski definition) is 6. The first-order chi connectivity index (χ1) is 6.83. The summed E-state index contributed by atoms with van der Waals surface area (Å²) in [6.45, 7) is 3.39. The van der Waals surface area contributed by atoms with Crippen molar-refractivity contribution in [2.75, 3.05) is 0 Å². The molecule has 17 heavy (non-hydrogen) atoms. The van der Waals surface area contributed by atoms with Crippen LogP contribution in [0, 0.1) is 13.8 Å². The summed E-state index contributed by atoms with van der Waals surface area (Å²) in [5, 5.41) is 0. The van der Waals surface area contributed by atoms with Crippen molar-refractivity contribution in [3.05, 3.63) is 13.8 Å². The Morgan fingerprint density at radius 2 is 0.765 bits per heavy atom. The van der Waals surface area contributed by atoms with Crippen LogP contribution in [0.1, 0.15) is 26.7 Å². The average molecular weight is 380 g/mol. The second-order valence-corrected chi connectivity index (χ2v) is 7.02. The third-order valence-electron chi connectivity index (χ3n) is 0. The molecule has 0 aromatic heterocycles. The van der Waals surface area contributed by atoms with Gasteiger partial charge in [0.05, 0.1) is 0 Å². The molecule has 0 aromatic rings. The molecule has 0 unspecified atom stereocenters. The van der Waals surface area contributed by atoms with Crippen molar-refractivity contribution >= 4 is 37.1 Å². The van der Waals surface area contributed by atoms with Gasteiger partial charge in [0.25, 0.3) is 0 Å². The van der Waals surface area contributed by atoms with Gasteiger partial charge in [0.15, 0.2) is 0 Å². The molecule has 0 atom stereocenters. The molecular formula is C6H20O6P2S2Zn. The molecule has 0 fully saturated rings. The van der Waals surface area contributed by atoms with Gasteiger partial charge in [-0.3, -0.25) is 0 Å². The van der Waals surface area contributed by atoms with Crippen LogP contribution in [0.3, 0.4) is 0 Å². The zero-order valence-electron chi connectivity index (χ0n) is 9.93. The molecule has 0 aliphatic heterocycles. The maximum Gasteiger partial charge on any atom is 2.00 e. The van der Waals surface area contributed by atoms with E-state index in [2.05, 4.69) is 37.5 Å². The Morgan fingerprint density at radius 1 is 0.765 bits per heavy atom. The van der Waals surface area contributed by atoms with Crippen LogP contribution in [-0.2, 0) is 43.1 Å². The fourth-order valence-corrected chi connectivity index (χ4v) is 0. The van der Waals surface area contributed by atoms with Crippen LogP contribution < -0.4 is 0 Å². The zero-order chi connectivity index (χ0) is 14.4. The molecule has 6 nitrogen and oxygen atoms in total. The summed E-state index contributed by atoms with van der Waals surface area (Å²) in [7, 11) is 0. The number of rotatable bonds is 0. The van der Waals surface area contributed by atoms with Gasteiger partial charge in [0.1, 0.15) is 0 Å². The minimum Gasteiger partial charge on any atom is -0.344 e. The summed E-state index contributed by atoms with van der Waals surface area (Å²) >= 11 is 7.21. The van der Waals surface area contributed by atoms with Gasteiger partial charge < -0.3 is 43.2 Å². The molecule has 0 spiro atoms. The van der Waals surface area contributed by atoms with Gasteiger partial charge in [-0.2, -0.15) is 12.8 Å². The van der Waals surface area contributed by atoms with Crippen LogP contribution in [-0.4, -0.2) is 29.4 Å². The van der Waals surface area contributed by atoms with Gasteiger partial charge in [0.2, 0.25) is 0 Å². The summed E-state index contributed by atoms with van der Waals surface area (Å²) in [5.41, 5.74) is 0. The average Bonchev–Trinajstić information content (AvgIpc) is 1.79. The molecule has 0 saturated carbocycles. The van der Waals surface area contributed by atoms with Crippen LogP contribution in [0.5, 0.6) is 0 Å². The van der Waals surface area contributed by atoms with Crippen LogP contribution in [0.2, 0.25) is 0 Å². The van der Waals surface area contributed by atoms with Crippen molar-refractivity contribution in [1.29, 1.82) is 0 Å². The van der Waals surface area contributed by atoms with E-state index in [0.717, 1.165) is 12.8 Å². The Kier molecular flexibility index (Phi) is 36.7. The molecule has 0 radical (unpaired) electrons. The SMILES string of the molecule is OP(O)(O)=S.OP(O)(O)=S.[CH2-]CC.[CH2-]CC.[Zn+2]. The molecule has 0 heterocycles. The van der Waals surface area contributed by atoms with Crippen molar-refractivity contribution < 1.29 is 48.8 Å². The van der Waals surface area contributed by atoms with Gasteiger partial charge in [-0.25, -0.2) is 0 Å². The van der Waals surface area contributed by atoms with Gasteiger partial charge in [0, 0.05) is 0 Å². The van der Waals surface area contributed by atoms with Crippen molar-refractivity contribution in [3.8, 4) is 0 Å². The standard InChI is InChI=1S/2C3H7.2H3O3PS.Zn/c2*1-3-2;2*1-4(2,3)5;/h2*1,3H2,2H3;2*(H3,1,2,3,5);/q2*-1;;;+2. The molecule has 104 valence electrons. The van der Waals surface area contributed by atoms with E-state index in [-0.39, 0.29) is 19.5 Å².